The molecule has 2 aliphatic rings. The van der Waals surface area contributed by atoms with Crippen LogP contribution in [-0.4, -0.2) is 140 Å². The van der Waals surface area contributed by atoms with Crippen molar-refractivity contribution in [2.75, 3.05) is 19.8 Å². The lowest BCUT2D eigenvalue weighted by atomic mass is 9.97. The molecule has 12 atom stereocenters. The Balaban J connectivity index is 1.53. The Bertz CT molecular complexity index is 1690. The standard InChI is InChI=1S/C65H111NO13/c1-3-5-7-9-11-12-13-14-15-16-17-18-19-20-21-22-23-24-25-26-27-28-29-30-31-32-33-34-35-36-37-38-39-40-41-42-43-45-47-49-57(70)66-53(54(69)48-46-44-10-8-6-4-2)52-76-64-62(75)60(73)63(56(51-68)78-64)79-65-61(74)59(72)58(71)55(50-67)77-65/h5,7,11-12,14-15,17-18,20-21,23-24,26-27,29-30,53-56,58-65,67-69,71-75H,3-4,6,8-10,13,16,19,22,25,28,31-52H2,1-2H3,(H,66,70)/b7-5-,12-11-,15-14-,18-17-,21-20-,24-23-,27-26-,30-29-. The third kappa shape index (κ3) is 34.8. The highest BCUT2D eigenvalue weighted by atomic mass is 16.7. The van der Waals surface area contributed by atoms with Gasteiger partial charge >= 0.3 is 0 Å². The monoisotopic (exact) mass is 1110 g/mol. The van der Waals surface area contributed by atoms with Crippen LogP contribution in [0.25, 0.3) is 0 Å². The molecule has 0 aromatic rings. The number of aliphatic hydroxyl groups is 8. The maximum Gasteiger partial charge on any atom is 0.220 e. The van der Waals surface area contributed by atoms with Crippen LogP contribution in [0.3, 0.4) is 0 Å². The molecule has 2 fully saturated rings. The number of allylic oxidation sites excluding steroid dienone is 16. The number of aliphatic hydroxyl groups excluding tert-OH is 8. The summed E-state index contributed by atoms with van der Waals surface area (Å²) in [6.45, 7) is 2.65. The van der Waals surface area contributed by atoms with E-state index in [4.69, 9.17) is 18.9 Å². The van der Waals surface area contributed by atoms with Crippen LogP contribution in [0.4, 0.5) is 0 Å². The van der Waals surface area contributed by atoms with Crippen LogP contribution in [-0.2, 0) is 23.7 Å². The van der Waals surface area contributed by atoms with Gasteiger partial charge in [0, 0.05) is 6.42 Å². The summed E-state index contributed by atoms with van der Waals surface area (Å²) in [4.78, 5) is 13.2. The number of carbonyl (C=O) groups excluding carboxylic acids is 1. The van der Waals surface area contributed by atoms with Gasteiger partial charge in [-0.25, -0.2) is 0 Å². The molecular weight excluding hydrogens is 1000 g/mol. The minimum absolute atomic E-state index is 0.217. The van der Waals surface area contributed by atoms with Crippen molar-refractivity contribution in [1.29, 1.82) is 0 Å². The van der Waals surface area contributed by atoms with E-state index in [0.717, 1.165) is 116 Å². The van der Waals surface area contributed by atoms with Crippen LogP contribution in [0, 0.1) is 0 Å². The second-order valence-corrected chi connectivity index (χ2v) is 21.5. The third-order valence-electron chi connectivity index (χ3n) is 14.6. The van der Waals surface area contributed by atoms with Crippen molar-refractivity contribution < 1.29 is 64.6 Å². The number of amides is 1. The number of nitrogens with one attached hydrogen (secondary N) is 1. The first-order valence-electron chi connectivity index (χ1n) is 31.0. The van der Waals surface area contributed by atoms with Crippen molar-refractivity contribution in [2.45, 2.75) is 286 Å². The van der Waals surface area contributed by atoms with Crippen molar-refractivity contribution in [1.82, 2.24) is 5.32 Å². The van der Waals surface area contributed by atoms with Gasteiger partial charge in [0.25, 0.3) is 0 Å². The highest BCUT2D eigenvalue weighted by molar-refractivity contribution is 5.76. The average Bonchev–Trinajstić information content (AvgIpc) is 3.47. The van der Waals surface area contributed by atoms with E-state index in [1.165, 1.54) is 70.6 Å². The average molecular weight is 1110 g/mol. The van der Waals surface area contributed by atoms with Crippen molar-refractivity contribution in [2.24, 2.45) is 0 Å². The first-order chi connectivity index (χ1) is 38.6. The molecule has 79 heavy (non-hydrogen) atoms. The largest absolute Gasteiger partial charge is 0.394 e. The van der Waals surface area contributed by atoms with E-state index < -0.39 is 86.8 Å². The van der Waals surface area contributed by atoms with E-state index in [-0.39, 0.29) is 12.5 Å². The SMILES string of the molecule is CC/C=C\C/C=C\C/C=C\C/C=C\C/C=C\C/C=C\C/C=C\C/C=C\CCCCCCCCCCCCCCCCC(=O)NC(COC1OC(CO)C(OC2OC(CO)C(O)C(O)C2O)C(O)C1O)C(O)CCCCCCCC. The minimum Gasteiger partial charge on any atom is -0.394 e. The van der Waals surface area contributed by atoms with Gasteiger partial charge in [-0.3, -0.25) is 4.79 Å². The van der Waals surface area contributed by atoms with Crippen LogP contribution in [0.5, 0.6) is 0 Å². The molecular formula is C65H111NO13. The second kappa shape index (κ2) is 49.5. The molecule has 2 saturated heterocycles. The smallest absolute Gasteiger partial charge is 0.220 e. The lowest BCUT2D eigenvalue weighted by Gasteiger charge is -2.46. The number of unbranched alkanes of at least 4 members (excludes halogenated alkanes) is 19. The van der Waals surface area contributed by atoms with Gasteiger partial charge in [-0.15, -0.1) is 0 Å². The minimum atomic E-state index is -1.78. The fourth-order valence-electron chi connectivity index (χ4n) is 9.61. The number of carbonyl (C=O) groups is 1. The molecule has 0 aromatic carbocycles. The molecule has 2 rings (SSSR count). The number of hydrogen-bond acceptors (Lipinski definition) is 13. The lowest BCUT2D eigenvalue weighted by Crippen LogP contribution is -2.65. The fourth-order valence-corrected chi connectivity index (χ4v) is 9.61. The molecule has 14 nitrogen and oxygen atoms in total. The molecule has 0 spiro atoms. The first kappa shape index (κ1) is 72.0. The molecule has 12 unspecified atom stereocenters. The second-order valence-electron chi connectivity index (χ2n) is 21.5. The van der Waals surface area contributed by atoms with Gasteiger partial charge in [0.1, 0.15) is 48.8 Å². The normalized spacial score (nSPS) is 25.1. The molecule has 0 radical (unpaired) electrons. The van der Waals surface area contributed by atoms with Crippen LogP contribution >= 0.6 is 0 Å². The summed E-state index contributed by atoms with van der Waals surface area (Å²) >= 11 is 0. The Kier molecular flexibility index (Phi) is 45.1. The van der Waals surface area contributed by atoms with E-state index in [1.807, 2.05) is 0 Å². The Labute approximate surface area is 477 Å². The van der Waals surface area contributed by atoms with Gasteiger partial charge in [0.15, 0.2) is 12.6 Å². The summed E-state index contributed by atoms with van der Waals surface area (Å²) in [5.74, 6) is -0.217. The van der Waals surface area contributed by atoms with Crippen molar-refractivity contribution in [3.63, 3.8) is 0 Å². The lowest BCUT2D eigenvalue weighted by molar-refractivity contribution is -0.359. The van der Waals surface area contributed by atoms with Crippen molar-refractivity contribution in [3.8, 4) is 0 Å². The molecule has 9 N–H and O–H groups in total. The number of rotatable bonds is 48. The van der Waals surface area contributed by atoms with Gasteiger partial charge in [-0.05, 0) is 77.0 Å². The zero-order valence-electron chi connectivity index (χ0n) is 48.8. The van der Waals surface area contributed by atoms with E-state index in [2.05, 4.69) is 116 Å². The first-order valence-corrected chi connectivity index (χ1v) is 31.0. The molecule has 1 amide bonds. The maximum atomic E-state index is 13.2. The molecule has 0 aliphatic carbocycles. The zero-order valence-corrected chi connectivity index (χ0v) is 48.8. The van der Waals surface area contributed by atoms with Gasteiger partial charge in [-0.2, -0.15) is 0 Å². The fraction of sp³-hybridized carbons (Fsp3) is 0.738. The van der Waals surface area contributed by atoms with Crippen molar-refractivity contribution >= 4 is 5.91 Å². The maximum absolute atomic E-state index is 13.2. The molecule has 2 heterocycles. The summed E-state index contributed by atoms with van der Waals surface area (Å²) in [5, 5.41) is 86.7. The summed E-state index contributed by atoms with van der Waals surface area (Å²) in [6.07, 6.45) is 52.0. The quantitative estimate of drug-likeness (QED) is 0.0204. The van der Waals surface area contributed by atoms with E-state index >= 15 is 0 Å². The Morgan fingerprint density at radius 1 is 0.468 bits per heavy atom. The number of ether oxygens (including phenoxy) is 4. The molecule has 454 valence electrons. The summed E-state index contributed by atoms with van der Waals surface area (Å²) in [7, 11) is 0. The molecule has 0 saturated carbocycles. The zero-order chi connectivity index (χ0) is 57.4. The third-order valence-corrected chi connectivity index (χ3v) is 14.6. The van der Waals surface area contributed by atoms with E-state index in [9.17, 15) is 45.6 Å². The molecule has 2 aliphatic heterocycles. The van der Waals surface area contributed by atoms with Gasteiger partial charge in [0.2, 0.25) is 5.91 Å². The number of hydrogen-bond donors (Lipinski definition) is 9. The molecule has 14 heteroatoms. The van der Waals surface area contributed by atoms with E-state index in [0.29, 0.717) is 12.8 Å². The van der Waals surface area contributed by atoms with Crippen molar-refractivity contribution in [3.05, 3.63) is 97.2 Å². The Morgan fingerprint density at radius 2 is 0.873 bits per heavy atom. The summed E-state index contributed by atoms with van der Waals surface area (Å²) in [6, 6.07) is -0.830. The molecule has 0 aromatic heterocycles. The predicted octanol–water partition coefficient (Wildman–Crippen LogP) is 11.1. The molecule has 0 bridgehead atoms. The van der Waals surface area contributed by atoms with E-state index in [1.54, 1.807) is 0 Å². The van der Waals surface area contributed by atoms with Crippen LogP contribution in [0.1, 0.15) is 213 Å². The van der Waals surface area contributed by atoms with Gasteiger partial charge < -0.3 is 65.1 Å². The summed E-state index contributed by atoms with van der Waals surface area (Å²) in [5.41, 5.74) is 0. The Morgan fingerprint density at radius 3 is 1.34 bits per heavy atom. The van der Waals surface area contributed by atoms with Gasteiger partial charge in [0.05, 0.1) is 32.0 Å². The van der Waals surface area contributed by atoms with Crippen LogP contribution in [0.15, 0.2) is 97.2 Å². The summed E-state index contributed by atoms with van der Waals surface area (Å²) < 4.78 is 22.7. The van der Waals surface area contributed by atoms with Gasteiger partial charge in [-0.1, -0.05) is 227 Å². The predicted molar refractivity (Wildman–Crippen MR) is 318 cm³/mol. The van der Waals surface area contributed by atoms with Crippen LogP contribution in [0.2, 0.25) is 0 Å². The topological polar surface area (TPSA) is 228 Å². The van der Waals surface area contributed by atoms with Crippen LogP contribution < -0.4 is 5.32 Å². The highest BCUT2D eigenvalue weighted by Crippen LogP contribution is 2.30. The Hall–Kier alpha value is -3.09. The highest BCUT2D eigenvalue weighted by Gasteiger charge is 2.51.